The van der Waals surface area contributed by atoms with Gasteiger partial charge in [-0.2, -0.15) is 0 Å². The first kappa shape index (κ1) is 11.4. The van der Waals surface area contributed by atoms with Crippen molar-refractivity contribution in [3.63, 3.8) is 0 Å². The summed E-state index contributed by atoms with van der Waals surface area (Å²) in [5, 5.41) is 11.6. The summed E-state index contributed by atoms with van der Waals surface area (Å²) < 4.78 is 0. The smallest absolute Gasteiger partial charge is 0.258 e. The van der Waals surface area contributed by atoms with Crippen molar-refractivity contribution in [2.24, 2.45) is 0 Å². The normalized spacial score (nSPS) is 10.4. The van der Waals surface area contributed by atoms with Crippen LogP contribution in [-0.4, -0.2) is 4.92 Å². The van der Waals surface area contributed by atoms with E-state index in [0.717, 1.165) is 16.9 Å². The van der Waals surface area contributed by atoms with Crippen LogP contribution in [0.25, 0.3) is 10.4 Å². The molecule has 0 radical (unpaired) electrons. The van der Waals surface area contributed by atoms with Gasteiger partial charge in [-0.25, -0.2) is 0 Å². The van der Waals surface area contributed by atoms with Crippen LogP contribution in [0.4, 0.5) is 5.00 Å². The van der Waals surface area contributed by atoms with Crippen LogP contribution in [0.5, 0.6) is 0 Å². The number of benzene rings is 1. The van der Waals surface area contributed by atoms with Crippen LogP contribution >= 0.6 is 34.5 Å². The van der Waals surface area contributed by atoms with E-state index < -0.39 is 4.92 Å². The van der Waals surface area contributed by atoms with Crippen molar-refractivity contribution in [3.05, 3.63) is 50.5 Å². The maximum atomic E-state index is 10.6. The predicted molar refractivity (Wildman–Crippen MR) is 66.4 cm³/mol. The first-order valence-electron chi connectivity index (χ1n) is 4.27. The van der Waals surface area contributed by atoms with Gasteiger partial charge < -0.3 is 0 Å². The van der Waals surface area contributed by atoms with Crippen LogP contribution in [0.2, 0.25) is 10.0 Å². The Kier molecular flexibility index (Phi) is 3.14. The number of nitro groups is 1. The lowest BCUT2D eigenvalue weighted by atomic mass is 10.2. The van der Waals surface area contributed by atoms with Crippen molar-refractivity contribution in [3.8, 4) is 10.4 Å². The standard InChI is InChI=1S/C10H5Cl2NO2S/c11-7-3-1-6(2-4-7)10-8(12)5-9(16-10)13(14)15/h1-5H. The van der Waals surface area contributed by atoms with Crippen molar-refractivity contribution in [2.75, 3.05) is 0 Å². The van der Waals surface area contributed by atoms with Crippen molar-refractivity contribution >= 4 is 39.5 Å². The summed E-state index contributed by atoms with van der Waals surface area (Å²) in [6, 6.07) is 8.36. The third-order valence-corrected chi connectivity index (χ3v) is 3.76. The number of rotatable bonds is 2. The van der Waals surface area contributed by atoms with Gasteiger partial charge in [-0.15, -0.1) is 0 Å². The molecule has 1 heterocycles. The third-order valence-electron chi connectivity index (χ3n) is 1.96. The van der Waals surface area contributed by atoms with Crippen LogP contribution in [0, 0.1) is 10.1 Å². The summed E-state index contributed by atoms with van der Waals surface area (Å²) in [5.41, 5.74) is 0.826. The Bertz CT molecular complexity index is 536. The SMILES string of the molecule is O=[N+]([O-])c1cc(Cl)c(-c2ccc(Cl)cc2)s1. The second-order valence-electron chi connectivity index (χ2n) is 3.03. The molecule has 0 N–H and O–H groups in total. The number of halogens is 2. The molecule has 0 saturated carbocycles. The highest BCUT2D eigenvalue weighted by molar-refractivity contribution is 7.19. The summed E-state index contributed by atoms with van der Waals surface area (Å²) in [6.07, 6.45) is 0. The van der Waals surface area contributed by atoms with Crippen LogP contribution in [-0.2, 0) is 0 Å². The maximum Gasteiger partial charge on any atom is 0.326 e. The maximum absolute atomic E-state index is 10.6. The van der Waals surface area contributed by atoms with E-state index in [4.69, 9.17) is 23.2 Å². The minimum absolute atomic E-state index is 0.0370. The number of hydrogen-bond donors (Lipinski definition) is 0. The van der Waals surface area contributed by atoms with Gasteiger partial charge in [-0.05, 0) is 17.7 Å². The number of hydrogen-bond acceptors (Lipinski definition) is 3. The van der Waals surface area contributed by atoms with E-state index in [1.54, 1.807) is 24.3 Å². The summed E-state index contributed by atoms with van der Waals surface area (Å²) in [4.78, 5) is 10.8. The lowest BCUT2D eigenvalue weighted by Crippen LogP contribution is -1.80. The molecule has 2 aromatic rings. The van der Waals surface area contributed by atoms with E-state index in [2.05, 4.69) is 0 Å². The molecule has 2 rings (SSSR count). The fourth-order valence-corrected chi connectivity index (χ4v) is 2.63. The molecular weight excluding hydrogens is 269 g/mol. The molecule has 1 aromatic carbocycles. The Morgan fingerprint density at radius 2 is 1.81 bits per heavy atom. The molecule has 0 bridgehead atoms. The second-order valence-corrected chi connectivity index (χ2v) is 4.90. The molecule has 0 atom stereocenters. The average Bonchev–Trinajstić information content (AvgIpc) is 2.62. The Morgan fingerprint density at radius 1 is 1.19 bits per heavy atom. The molecule has 16 heavy (non-hydrogen) atoms. The highest BCUT2D eigenvalue weighted by Gasteiger charge is 2.16. The molecule has 0 unspecified atom stereocenters. The summed E-state index contributed by atoms with van der Waals surface area (Å²) >= 11 is 12.7. The van der Waals surface area contributed by atoms with Crippen LogP contribution in [0.1, 0.15) is 0 Å². The zero-order valence-corrected chi connectivity index (χ0v) is 10.1. The molecule has 0 aliphatic rings. The Balaban J connectivity index is 2.47. The zero-order valence-electron chi connectivity index (χ0n) is 7.81. The van der Waals surface area contributed by atoms with Gasteiger partial charge in [0, 0.05) is 11.1 Å². The minimum atomic E-state index is -0.448. The van der Waals surface area contributed by atoms with Crippen molar-refractivity contribution < 1.29 is 4.92 Å². The van der Waals surface area contributed by atoms with E-state index in [9.17, 15) is 10.1 Å². The molecule has 0 amide bonds. The van der Waals surface area contributed by atoms with E-state index >= 15 is 0 Å². The third kappa shape index (κ3) is 2.19. The van der Waals surface area contributed by atoms with Crippen molar-refractivity contribution in [2.45, 2.75) is 0 Å². The zero-order chi connectivity index (χ0) is 11.7. The summed E-state index contributed by atoms with van der Waals surface area (Å²) in [6.45, 7) is 0. The molecule has 0 aliphatic heterocycles. The van der Waals surface area contributed by atoms with E-state index in [1.807, 2.05) is 0 Å². The lowest BCUT2D eigenvalue weighted by Gasteiger charge is -1.97. The second kappa shape index (κ2) is 4.41. The predicted octanol–water partition coefficient (Wildman–Crippen LogP) is 4.63. The molecule has 0 saturated heterocycles. The number of nitrogens with zero attached hydrogens (tertiary/aromatic N) is 1. The summed E-state index contributed by atoms with van der Waals surface area (Å²) in [7, 11) is 0. The monoisotopic (exact) mass is 273 g/mol. The largest absolute Gasteiger partial charge is 0.326 e. The Hall–Kier alpha value is -1.10. The van der Waals surface area contributed by atoms with Gasteiger partial charge in [-0.3, -0.25) is 10.1 Å². The van der Waals surface area contributed by atoms with E-state index in [-0.39, 0.29) is 5.00 Å². The van der Waals surface area contributed by atoms with E-state index in [1.165, 1.54) is 6.07 Å². The quantitative estimate of drug-likeness (QED) is 0.591. The van der Waals surface area contributed by atoms with Gasteiger partial charge in [0.25, 0.3) is 0 Å². The molecule has 6 heteroatoms. The molecule has 0 spiro atoms. The molecule has 0 fully saturated rings. The van der Waals surface area contributed by atoms with Crippen LogP contribution in [0.3, 0.4) is 0 Å². The van der Waals surface area contributed by atoms with Crippen LogP contribution < -0.4 is 0 Å². The first-order chi connectivity index (χ1) is 7.58. The molecule has 0 aliphatic carbocycles. The van der Waals surface area contributed by atoms with Gasteiger partial charge in [0.1, 0.15) is 0 Å². The van der Waals surface area contributed by atoms with Gasteiger partial charge in [-0.1, -0.05) is 46.7 Å². The molecule has 82 valence electrons. The van der Waals surface area contributed by atoms with Crippen molar-refractivity contribution in [1.82, 2.24) is 0 Å². The Morgan fingerprint density at radius 3 is 2.31 bits per heavy atom. The van der Waals surface area contributed by atoms with Gasteiger partial charge in [0.2, 0.25) is 0 Å². The van der Waals surface area contributed by atoms with Crippen LogP contribution in [0.15, 0.2) is 30.3 Å². The first-order valence-corrected chi connectivity index (χ1v) is 5.85. The average molecular weight is 274 g/mol. The Labute approximate surface area is 105 Å². The fraction of sp³-hybridized carbons (Fsp3) is 0. The highest BCUT2D eigenvalue weighted by Crippen LogP contribution is 2.40. The van der Waals surface area contributed by atoms with Gasteiger partial charge in [0.15, 0.2) is 0 Å². The van der Waals surface area contributed by atoms with Gasteiger partial charge >= 0.3 is 5.00 Å². The van der Waals surface area contributed by atoms with Crippen molar-refractivity contribution in [1.29, 1.82) is 0 Å². The van der Waals surface area contributed by atoms with Gasteiger partial charge in [0.05, 0.1) is 14.8 Å². The summed E-state index contributed by atoms with van der Waals surface area (Å²) in [5.74, 6) is 0. The minimum Gasteiger partial charge on any atom is -0.258 e. The molecular formula is C10H5Cl2NO2S. The topological polar surface area (TPSA) is 43.1 Å². The van der Waals surface area contributed by atoms with E-state index in [0.29, 0.717) is 14.9 Å². The lowest BCUT2D eigenvalue weighted by molar-refractivity contribution is -0.380. The molecule has 3 nitrogen and oxygen atoms in total. The highest BCUT2D eigenvalue weighted by atomic mass is 35.5. The molecule has 1 aromatic heterocycles. The fourth-order valence-electron chi connectivity index (χ4n) is 1.24. The number of thiophene rings is 1.